The van der Waals surface area contributed by atoms with Crippen molar-refractivity contribution in [2.75, 3.05) is 35.0 Å². The van der Waals surface area contributed by atoms with Crippen molar-refractivity contribution in [2.24, 2.45) is 0 Å². The highest BCUT2D eigenvalue weighted by Crippen LogP contribution is 2.50. The second kappa shape index (κ2) is 7.49. The van der Waals surface area contributed by atoms with Crippen LogP contribution in [0.15, 0.2) is 40.1 Å². The number of methoxy groups -OCH3 is 4. The molecule has 1 heterocycles. The summed E-state index contributed by atoms with van der Waals surface area (Å²) >= 11 is 0. The fourth-order valence-electron chi connectivity index (χ4n) is 2.98. The summed E-state index contributed by atoms with van der Waals surface area (Å²) in [6, 6.07) is 5.08. The Labute approximate surface area is 155 Å². The zero-order valence-electron chi connectivity index (χ0n) is 15.6. The van der Waals surface area contributed by atoms with Crippen LogP contribution in [0.2, 0.25) is 0 Å². The molecule has 0 saturated carbocycles. The van der Waals surface area contributed by atoms with E-state index in [0.717, 1.165) is 0 Å². The van der Waals surface area contributed by atoms with Gasteiger partial charge in [-0.05, 0) is 12.1 Å². The Bertz CT molecular complexity index is 1070. The minimum absolute atomic E-state index is 0.163. The van der Waals surface area contributed by atoms with Gasteiger partial charge in [-0.25, -0.2) is 0 Å². The molecule has 0 radical (unpaired) electrons. The number of benzene rings is 2. The molecule has 0 saturated heterocycles. The number of hydrogen-bond donors (Lipinski definition) is 0. The van der Waals surface area contributed by atoms with Crippen molar-refractivity contribution >= 4 is 21.9 Å². The molecule has 142 valence electrons. The SMILES string of the molecule is C=CCOc1c(OC)c(OC)c(OC)c2oc3c(OC)cccc3c(=O)c12. The van der Waals surface area contributed by atoms with E-state index in [2.05, 4.69) is 6.58 Å². The summed E-state index contributed by atoms with van der Waals surface area (Å²) in [6.07, 6.45) is 1.56. The molecule has 0 bridgehead atoms. The second-order valence-electron chi connectivity index (χ2n) is 5.50. The van der Waals surface area contributed by atoms with E-state index in [9.17, 15) is 4.79 Å². The fraction of sp³-hybridized carbons (Fsp3) is 0.250. The number of rotatable bonds is 7. The summed E-state index contributed by atoms with van der Waals surface area (Å²) in [5, 5.41) is 0.534. The molecule has 0 amide bonds. The quantitative estimate of drug-likeness (QED) is 0.464. The number of hydrogen-bond acceptors (Lipinski definition) is 7. The molecule has 0 N–H and O–H groups in total. The van der Waals surface area contributed by atoms with Gasteiger partial charge in [-0.15, -0.1) is 0 Å². The van der Waals surface area contributed by atoms with Gasteiger partial charge in [0.1, 0.15) is 12.0 Å². The van der Waals surface area contributed by atoms with Crippen LogP contribution >= 0.6 is 0 Å². The number of ether oxygens (including phenoxy) is 5. The van der Waals surface area contributed by atoms with Crippen LogP contribution in [0.1, 0.15) is 0 Å². The van der Waals surface area contributed by atoms with E-state index >= 15 is 0 Å². The van der Waals surface area contributed by atoms with E-state index in [-0.39, 0.29) is 46.0 Å². The summed E-state index contributed by atoms with van der Waals surface area (Å²) in [5.41, 5.74) is 0.178. The molecule has 1 aromatic heterocycles. The van der Waals surface area contributed by atoms with Gasteiger partial charge in [0.25, 0.3) is 0 Å². The minimum atomic E-state index is -0.302. The molecule has 0 fully saturated rings. The summed E-state index contributed by atoms with van der Waals surface area (Å²) < 4.78 is 33.5. The normalized spacial score (nSPS) is 10.7. The highest BCUT2D eigenvalue weighted by molar-refractivity contribution is 6.01. The Kier molecular flexibility index (Phi) is 5.12. The van der Waals surface area contributed by atoms with Gasteiger partial charge in [0.15, 0.2) is 22.7 Å². The Morgan fingerprint density at radius 1 is 0.926 bits per heavy atom. The van der Waals surface area contributed by atoms with Gasteiger partial charge in [-0.3, -0.25) is 4.79 Å². The van der Waals surface area contributed by atoms with Gasteiger partial charge in [-0.2, -0.15) is 0 Å². The van der Waals surface area contributed by atoms with E-state index in [1.54, 1.807) is 24.3 Å². The van der Waals surface area contributed by atoms with Crippen LogP contribution in [0.5, 0.6) is 28.7 Å². The van der Waals surface area contributed by atoms with Gasteiger partial charge >= 0.3 is 0 Å². The van der Waals surface area contributed by atoms with E-state index in [4.69, 9.17) is 28.1 Å². The Morgan fingerprint density at radius 3 is 2.19 bits per heavy atom. The molecular formula is C20H20O7. The van der Waals surface area contributed by atoms with Crippen molar-refractivity contribution in [2.45, 2.75) is 0 Å². The third-order valence-corrected chi connectivity index (χ3v) is 4.11. The minimum Gasteiger partial charge on any atom is -0.493 e. The molecule has 0 aliphatic heterocycles. The molecule has 0 aliphatic carbocycles. The predicted molar refractivity (Wildman–Crippen MR) is 102 cm³/mol. The number of para-hydroxylation sites is 1. The highest BCUT2D eigenvalue weighted by Gasteiger charge is 2.28. The third kappa shape index (κ3) is 2.81. The number of fused-ring (bicyclic) bond motifs is 2. The lowest BCUT2D eigenvalue weighted by Gasteiger charge is -2.18. The van der Waals surface area contributed by atoms with Crippen molar-refractivity contribution in [3.63, 3.8) is 0 Å². The van der Waals surface area contributed by atoms with E-state index < -0.39 is 0 Å². The van der Waals surface area contributed by atoms with Crippen LogP contribution in [-0.2, 0) is 0 Å². The van der Waals surface area contributed by atoms with E-state index in [1.807, 2.05) is 0 Å². The second-order valence-corrected chi connectivity index (χ2v) is 5.50. The molecule has 0 unspecified atom stereocenters. The maximum absolute atomic E-state index is 13.3. The third-order valence-electron chi connectivity index (χ3n) is 4.11. The van der Waals surface area contributed by atoms with Gasteiger partial charge in [-0.1, -0.05) is 18.7 Å². The molecule has 27 heavy (non-hydrogen) atoms. The van der Waals surface area contributed by atoms with Crippen molar-refractivity contribution < 1.29 is 28.1 Å². The lowest BCUT2D eigenvalue weighted by atomic mass is 10.1. The van der Waals surface area contributed by atoms with Gasteiger partial charge < -0.3 is 28.1 Å². The van der Waals surface area contributed by atoms with Gasteiger partial charge in [0.05, 0.1) is 33.8 Å². The van der Waals surface area contributed by atoms with Crippen molar-refractivity contribution in [1.29, 1.82) is 0 Å². The summed E-state index contributed by atoms with van der Waals surface area (Å²) in [5.74, 6) is 1.34. The summed E-state index contributed by atoms with van der Waals surface area (Å²) in [4.78, 5) is 13.3. The smallest absolute Gasteiger partial charge is 0.211 e. The van der Waals surface area contributed by atoms with Crippen LogP contribution in [0, 0.1) is 0 Å². The molecule has 0 atom stereocenters. The van der Waals surface area contributed by atoms with Crippen LogP contribution in [0.4, 0.5) is 0 Å². The van der Waals surface area contributed by atoms with Crippen molar-refractivity contribution in [1.82, 2.24) is 0 Å². The maximum Gasteiger partial charge on any atom is 0.211 e. The topological polar surface area (TPSA) is 76.4 Å². The van der Waals surface area contributed by atoms with Crippen molar-refractivity contribution in [3.05, 3.63) is 41.1 Å². The molecule has 7 heteroatoms. The lowest BCUT2D eigenvalue weighted by Crippen LogP contribution is -2.09. The van der Waals surface area contributed by atoms with Crippen LogP contribution in [0.3, 0.4) is 0 Å². The molecule has 0 spiro atoms. The monoisotopic (exact) mass is 372 g/mol. The molecule has 3 rings (SSSR count). The van der Waals surface area contributed by atoms with Crippen molar-refractivity contribution in [3.8, 4) is 28.7 Å². The molecular weight excluding hydrogens is 352 g/mol. The van der Waals surface area contributed by atoms with E-state index in [0.29, 0.717) is 16.7 Å². The summed E-state index contributed by atoms with van der Waals surface area (Å²) in [7, 11) is 5.87. The van der Waals surface area contributed by atoms with Crippen LogP contribution in [0.25, 0.3) is 21.9 Å². The first-order valence-electron chi connectivity index (χ1n) is 8.12. The zero-order valence-corrected chi connectivity index (χ0v) is 15.6. The molecule has 3 aromatic rings. The molecule has 0 aliphatic rings. The van der Waals surface area contributed by atoms with Crippen LogP contribution in [-0.4, -0.2) is 35.0 Å². The first-order chi connectivity index (χ1) is 13.1. The standard InChI is InChI=1S/C20H20O7/c1-6-10-26-16-13-14(21)11-8-7-9-12(22-2)15(11)27-17(13)19(24-4)20(25-5)18(16)23-3/h6-9H,1,10H2,2-5H3. The average molecular weight is 372 g/mol. The first-order valence-corrected chi connectivity index (χ1v) is 8.12. The fourth-order valence-corrected chi connectivity index (χ4v) is 2.98. The first kappa shape index (κ1) is 18.4. The Morgan fingerprint density at radius 2 is 1.59 bits per heavy atom. The summed E-state index contributed by atoms with van der Waals surface area (Å²) in [6.45, 7) is 3.81. The molecule has 2 aromatic carbocycles. The zero-order chi connectivity index (χ0) is 19.6. The average Bonchev–Trinajstić information content (AvgIpc) is 2.70. The Balaban J connectivity index is 2.60. The van der Waals surface area contributed by atoms with E-state index in [1.165, 1.54) is 28.4 Å². The largest absolute Gasteiger partial charge is 0.493 e. The molecule has 7 nitrogen and oxygen atoms in total. The van der Waals surface area contributed by atoms with Gasteiger partial charge in [0, 0.05) is 0 Å². The predicted octanol–water partition coefficient (Wildman–Crippen LogP) is 3.55. The van der Waals surface area contributed by atoms with Crippen LogP contribution < -0.4 is 29.1 Å². The highest BCUT2D eigenvalue weighted by atomic mass is 16.5. The lowest BCUT2D eigenvalue weighted by molar-refractivity contribution is 0.297. The Hall–Kier alpha value is -3.35. The van der Waals surface area contributed by atoms with Gasteiger partial charge in [0.2, 0.25) is 22.7 Å². The maximum atomic E-state index is 13.3.